The molecule has 1 aliphatic heterocycles. The van der Waals surface area contributed by atoms with Crippen LogP contribution in [-0.4, -0.2) is 63.8 Å². The molecule has 0 unspecified atom stereocenters. The maximum atomic E-state index is 13.4. The summed E-state index contributed by atoms with van der Waals surface area (Å²) in [5.74, 6) is 0.988. The van der Waals surface area contributed by atoms with Crippen molar-refractivity contribution in [2.24, 2.45) is 0 Å². The first kappa shape index (κ1) is 22.2. The van der Waals surface area contributed by atoms with E-state index in [1.807, 2.05) is 46.2 Å². The van der Waals surface area contributed by atoms with Gasteiger partial charge in [0.25, 0.3) is 5.91 Å². The second kappa shape index (κ2) is 10.1. The van der Waals surface area contributed by atoms with Gasteiger partial charge in [-0.25, -0.2) is 9.97 Å². The van der Waals surface area contributed by atoms with Gasteiger partial charge >= 0.3 is 0 Å². The van der Waals surface area contributed by atoms with E-state index >= 15 is 0 Å². The first-order valence-electron chi connectivity index (χ1n) is 11.0. The van der Waals surface area contributed by atoms with Crippen molar-refractivity contribution >= 4 is 29.2 Å². The molecule has 4 rings (SSSR count). The highest BCUT2D eigenvalue weighted by Crippen LogP contribution is 2.25. The molecule has 2 aromatic heterocycles. The zero-order valence-electron chi connectivity index (χ0n) is 18.9. The number of nitrogens with zero attached hydrogens (tertiary/aromatic N) is 5. The Kier molecular flexibility index (Phi) is 6.99. The van der Waals surface area contributed by atoms with Crippen LogP contribution in [-0.2, 0) is 6.54 Å². The zero-order chi connectivity index (χ0) is 22.5. The zero-order valence-corrected chi connectivity index (χ0v) is 19.7. The van der Waals surface area contributed by atoms with Gasteiger partial charge in [-0.05, 0) is 37.8 Å². The molecule has 0 spiro atoms. The number of anilines is 2. The minimum absolute atomic E-state index is 0.0370. The predicted molar refractivity (Wildman–Crippen MR) is 131 cm³/mol. The van der Waals surface area contributed by atoms with Crippen LogP contribution >= 0.6 is 11.8 Å². The molecule has 0 aliphatic carbocycles. The summed E-state index contributed by atoms with van der Waals surface area (Å²) in [7, 11) is 0. The predicted octanol–water partition coefficient (Wildman–Crippen LogP) is 3.83. The molecule has 1 fully saturated rings. The maximum Gasteiger partial charge on any atom is 0.272 e. The molecule has 8 heteroatoms. The van der Waals surface area contributed by atoms with E-state index in [0.29, 0.717) is 31.4 Å². The molecule has 1 amide bonds. The Bertz CT molecular complexity index is 1040. The van der Waals surface area contributed by atoms with Crippen molar-refractivity contribution in [3.8, 4) is 0 Å². The van der Waals surface area contributed by atoms with Gasteiger partial charge in [0.05, 0.1) is 18.4 Å². The number of piperazine rings is 1. The van der Waals surface area contributed by atoms with Crippen LogP contribution in [0.1, 0.15) is 29.9 Å². The summed E-state index contributed by atoms with van der Waals surface area (Å²) < 4.78 is 2.03. The molecule has 168 valence electrons. The standard InChI is InChI=1S/C24H30N6OS/c1-18(2)27-20-10-7-11-25-22(20)28-12-14-29(15-13-28)23(31)21-16-26-24(32-3)30(21)17-19-8-5-4-6-9-19/h4-11,16,18,27H,12-15,17H2,1-3H3/i24+2. The van der Waals surface area contributed by atoms with Crippen LogP contribution in [0.3, 0.4) is 0 Å². The summed E-state index contributed by atoms with van der Waals surface area (Å²) in [4.78, 5) is 26.7. The first-order chi connectivity index (χ1) is 15.6. The number of carbonyl (C=O) groups is 1. The Morgan fingerprint density at radius 2 is 1.88 bits per heavy atom. The largest absolute Gasteiger partial charge is 0.380 e. The topological polar surface area (TPSA) is 66.3 Å². The Morgan fingerprint density at radius 3 is 2.56 bits per heavy atom. The van der Waals surface area contributed by atoms with Crippen LogP contribution in [0.25, 0.3) is 0 Å². The normalized spacial score (nSPS) is 14.1. The van der Waals surface area contributed by atoms with Gasteiger partial charge in [-0.15, -0.1) is 0 Å². The molecule has 0 radical (unpaired) electrons. The van der Waals surface area contributed by atoms with Crippen LogP contribution in [0.4, 0.5) is 11.5 Å². The number of benzene rings is 1. The third kappa shape index (κ3) is 4.91. The molecule has 1 N–H and O–H groups in total. The van der Waals surface area contributed by atoms with Gasteiger partial charge in [0.2, 0.25) is 0 Å². The Labute approximate surface area is 193 Å². The number of hydrogen-bond acceptors (Lipinski definition) is 6. The van der Waals surface area contributed by atoms with E-state index in [4.69, 9.17) is 0 Å². The average Bonchev–Trinajstić information content (AvgIpc) is 3.22. The quantitative estimate of drug-likeness (QED) is 0.550. The lowest BCUT2D eigenvalue weighted by Gasteiger charge is -2.36. The molecule has 0 bridgehead atoms. The fourth-order valence-electron chi connectivity index (χ4n) is 3.97. The van der Waals surface area contributed by atoms with Crippen molar-refractivity contribution in [1.82, 2.24) is 19.4 Å². The summed E-state index contributed by atoms with van der Waals surface area (Å²) in [5, 5.41) is 4.33. The molecule has 32 heavy (non-hydrogen) atoms. The molecular formula is C24H30N6OS. The molecular weight excluding hydrogens is 422 g/mol. The summed E-state index contributed by atoms with van der Waals surface area (Å²) >= 11 is 1.56. The van der Waals surface area contributed by atoms with E-state index in [-0.39, 0.29) is 5.91 Å². The van der Waals surface area contributed by atoms with Gasteiger partial charge in [0.1, 0.15) is 5.69 Å². The lowest BCUT2D eigenvalue weighted by molar-refractivity contribution is 0.0735. The Hall–Kier alpha value is -3.00. The average molecular weight is 453 g/mol. The third-order valence-corrected chi connectivity index (χ3v) is 6.19. The Balaban J connectivity index is 1.47. The van der Waals surface area contributed by atoms with Crippen molar-refractivity contribution in [3.63, 3.8) is 0 Å². The second-order valence-electron chi connectivity index (χ2n) is 8.15. The van der Waals surface area contributed by atoms with E-state index in [1.165, 1.54) is 0 Å². The number of carbonyl (C=O) groups excluding carboxylic acids is 1. The summed E-state index contributed by atoms with van der Waals surface area (Å²) in [6, 6.07) is 14.5. The van der Waals surface area contributed by atoms with Crippen LogP contribution in [0.2, 0.25) is 0 Å². The molecule has 1 aromatic carbocycles. The number of aromatic nitrogens is 3. The van der Waals surface area contributed by atoms with Gasteiger partial charge in [0.15, 0.2) is 11.0 Å². The first-order valence-corrected chi connectivity index (χ1v) is 12.2. The smallest absolute Gasteiger partial charge is 0.272 e. The highest BCUT2D eigenvalue weighted by Gasteiger charge is 2.27. The number of thioether (sulfide) groups is 1. The van der Waals surface area contributed by atoms with E-state index in [0.717, 1.165) is 35.3 Å². The van der Waals surface area contributed by atoms with E-state index < -0.39 is 0 Å². The lowest BCUT2D eigenvalue weighted by atomic mass is 10.2. The third-order valence-electron chi connectivity index (χ3n) is 5.50. The fraction of sp³-hybridized carbons (Fsp3) is 0.375. The van der Waals surface area contributed by atoms with Gasteiger partial charge in [-0.2, -0.15) is 0 Å². The van der Waals surface area contributed by atoms with Crippen LogP contribution in [0, 0.1) is 0 Å². The Morgan fingerprint density at radius 1 is 1.12 bits per heavy atom. The van der Waals surface area contributed by atoms with E-state index in [9.17, 15) is 4.79 Å². The van der Waals surface area contributed by atoms with Crippen molar-refractivity contribution in [2.75, 3.05) is 42.7 Å². The van der Waals surface area contributed by atoms with Crippen molar-refractivity contribution in [3.05, 3.63) is 66.1 Å². The number of rotatable bonds is 7. The van der Waals surface area contributed by atoms with E-state index in [2.05, 4.69) is 52.2 Å². The van der Waals surface area contributed by atoms with Crippen LogP contribution < -0.4 is 10.2 Å². The molecule has 0 saturated carbocycles. The minimum Gasteiger partial charge on any atom is -0.380 e. The minimum atomic E-state index is 0.0370. The van der Waals surface area contributed by atoms with Gasteiger partial charge < -0.3 is 19.7 Å². The van der Waals surface area contributed by atoms with Gasteiger partial charge in [-0.1, -0.05) is 42.1 Å². The van der Waals surface area contributed by atoms with E-state index in [1.54, 1.807) is 18.0 Å². The fourth-order valence-corrected chi connectivity index (χ4v) is 4.51. The van der Waals surface area contributed by atoms with Gasteiger partial charge in [0, 0.05) is 38.4 Å². The monoisotopic (exact) mass is 452 g/mol. The van der Waals surface area contributed by atoms with Crippen LogP contribution in [0.15, 0.2) is 60.0 Å². The van der Waals surface area contributed by atoms with Crippen molar-refractivity contribution in [2.45, 2.75) is 31.6 Å². The van der Waals surface area contributed by atoms with Crippen LogP contribution in [0.5, 0.6) is 0 Å². The number of imidazole rings is 1. The van der Waals surface area contributed by atoms with Gasteiger partial charge in [-0.3, -0.25) is 4.79 Å². The lowest BCUT2D eigenvalue weighted by Crippen LogP contribution is -2.49. The summed E-state index contributed by atoms with van der Waals surface area (Å²) in [6.45, 7) is 7.68. The summed E-state index contributed by atoms with van der Waals surface area (Å²) in [5.41, 5.74) is 2.83. The second-order valence-corrected chi connectivity index (χ2v) is 8.93. The SMILES string of the molecule is CS[14c]1ncc(C(=O)N2CCN(c3ncccc3NC(C)C)CC2)n1Cc1ccccc1. The molecule has 3 heterocycles. The van der Waals surface area contributed by atoms with Crippen molar-refractivity contribution < 1.29 is 4.79 Å². The maximum absolute atomic E-state index is 13.4. The number of pyridine rings is 1. The number of hydrogen-bond donors (Lipinski definition) is 1. The molecule has 7 nitrogen and oxygen atoms in total. The molecule has 3 aromatic rings. The van der Waals surface area contributed by atoms with Crippen molar-refractivity contribution in [1.29, 1.82) is 0 Å². The molecule has 1 aliphatic rings. The summed E-state index contributed by atoms with van der Waals surface area (Å²) in [6.07, 6.45) is 5.53. The highest BCUT2D eigenvalue weighted by atomic mass is 32.2. The molecule has 0 atom stereocenters. The number of amides is 1. The number of nitrogens with one attached hydrogen (secondary N) is 1. The highest BCUT2D eigenvalue weighted by molar-refractivity contribution is 7.98. The molecule has 1 saturated heterocycles.